The van der Waals surface area contributed by atoms with E-state index in [9.17, 15) is 32.9 Å². The second-order valence-electron chi connectivity index (χ2n) is 8.87. The number of nitro groups is 1. The Bertz CT molecular complexity index is 1320. The zero-order valence-corrected chi connectivity index (χ0v) is 18.9. The Hall–Kier alpha value is -3.95. The molecule has 0 atom stereocenters. The lowest BCUT2D eigenvalue weighted by atomic mass is 9.73. The summed E-state index contributed by atoms with van der Waals surface area (Å²) in [7, 11) is 0. The van der Waals surface area contributed by atoms with Crippen LogP contribution in [-0.2, 0) is 20.5 Å². The van der Waals surface area contributed by atoms with Gasteiger partial charge in [0.1, 0.15) is 17.3 Å². The Labute approximate surface area is 203 Å². The second kappa shape index (κ2) is 8.92. The fourth-order valence-corrected chi connectivity index (χ4v) is 4.96. The van der Waals surface area contributed by atoms with Crippen molar-refractivity contribution in [3.8, 4) is 11.5 Å². The van der Waals surface area contributed by atoms with Gasteiger partial charge in [0.25, 0.3) is 0 Å². The number of ether oxygens (including phenoxy) is 2. The molecule has 0 aromatic heterocycles. The number of Topliss-reactive ketones (excluding diaryl/α,β-unsaturated/α-hetero) is 2. The van der Waals surface area contributed by atoms with Crippen molar-refractivity contribution in [3.05, 3.63) is 86.4 Å². The minimum absolute atomic E-state index is 0.101. The summed E-state index contributed by atoms with van der Waals surface area (Å²) in [6.45, 7) is 0. The number of benzene rings is 2. The summed E-state index contributed by atoms with van der Waals surface area (Å²) in [5.41, 5.74) is -0.555. The first-order valence-electron chi connectivity index (χ1n) is 11.5. The fourth-order valence-electron chi connectivity index (χ4n) is 4.96. The second-order valence-corrected chi connectivity index (χ2v) is 8.87. The molecular formula is C26H20F3NO6. The Kier molecular flexibility index (Phi) is 5.89. The van der Waals surface area contributed by atoms with Crippen molar-refractivity contribution in [1.82, 2.24) is 0 Å². The topological polar surface area (TPSA) is 95.7 Å². The number of hydrogen-bond donors (Lipinski definition) is 0. The van der Waals surface area contributed by atoms with Gasteiger partial charge < -0.3 is 9.47 Å². The first kappa shape index (κ1) is 23.8. The maximum atomic E-state index is 13.0. The van der Waals surface area contributed by atoms with Gasteiger partial charge in [0, 0.05) is 48.8 Å². The predicted octanol–water partition coefficient (Wildman–Crippen LogP) is 6.53. The highest BCUT2D eigenvalue weighted by Crippen LogP contribution is 2.48. The number of rotatable bonds is 4. The van der Waals surface area contributed by atoms with Crippen molar-refractivity contribution in [2.75, 3.05) is 0 Å². The van der Waals surface area contributed by atoms with E-state index in [-0.39, 0.29) is 23.1 Å². The fraction of sp³-hybridized carbons (Fsp3) is 0.308. The van der Waals surface area contributed by atoms with Crippen molar-refractivity contribution in [3.63, 3.8) is 0 Å². The Morgan fingerprint density at radius 2 is 1.56 bits per heavy atom. The Morgan fingerprint density at radius 1 is 0.917 bits per heavy atom. The minimum atomic E-state index is -4.75. The van der Waals surface area contributed by atoms with Crippen LogP contribution >= 0.6 is 0 Å². The van der Waals surface area contributed by atoms with Crippen LogP contribution in [0.3, 0.4) is 0 Å². The van der Waals surface area contributed by atoms with E-state index in [2.05, 4.69) is 0 Å². The largest absolute Gasteiger partial charge is 0.465 e. The van der Waals surface area contributed by atoms with Gasteiger partial charge in [-0.05, 0) is 42.7 Å². The van der Waals surface area contributed by atoms with Crippen molar-refractivity contribution in [2.24, 2.45) is 0 Å². The molecule has 0 bridgehead atoms. The molecule has 2 aliphatic carbocycles. The van der Waals surface area contributed by atoms with Crippen LogP contribution in [0.1, 0.15) is 55.6 Å². The van der Waals surface area contributed by atoms with Gasteiger partial charge >= 0.3 is 11.9 Å². The van der Waals surface area contributed by atoms with Crippen LogP contribution in [0, 0.1) is 10.1 Å². The maximum Gasteiger partial charge on any atom is 0.416 e. The first-order chi connectivity index (χ1) is 17.1. The number of alkyl halides is 3. The normalized spacial score (nSPS) is 18.5. The molecule has 186 valence electrons. The Balaban J connectivity index is 1.56. The summed E-state index contributed by atoms with van der Waals surface area (Å²) in [4.78, 5) is 36.4. The number of carbonyl (C=O) groups is 2. The maximum absolute atomic E-state index is 13.0. The molecule has 0 spiro atoms. The number of carbonyl (C=O) groups excluding carboxylic acids is 2. The van der Waals surface area contributed by atoms with E-state index in [1.165, 1.54) is 6.07 Å². The Morgan fingerprint density at radius 3 is 2.14 bits per heavy atom. The van der Waals surface area contributed by atoms with Gasteiger partial charge in [-0.3, -0.25) is 19.7 Å². The molecule has 0 saturated heterocycles. The van der Waals surface area contributed by atoms with E-state index in [0.29, 0.717) is 78.9 Å². The molecule has 1 heterocycles. The van der Waals surface area contributed by atoms with E-state index < -0.39 is 28.3 Å². The van der Waals surface area contributed by atoms with Crippen LogP contribution in [0.4, 0.5) is 18.9 Å². The lowest BCUT2D eigenvalue weighted by Gasteiger charge is -2.36. The number of hydrogen-bond acceptors (Lipinski definition) is 6. The van der Waals surface area contributed by atoms with Crippen molar-refractivity contribution in [1.29, 1.82) is 0 Å². The number of nitrogens with zero attached hydrogens (tertiary/aromatic N) is 1. The van der Waals surface area contributed by atoms with Gasteiger partial charge in [0.05, 0.1) is 10.5 Å². The molecule has 2 aromatic carbocycles. The van der Waals surface area contributed by atoms with Gasteiger partial charge in [0.15, 0.2) is 11.6 Å². The van der Waals surface area contributed by atoms with E-state index in [1.807, 2.05) is 0 Å². The SMILES string of the molecule is O=C1CCCC2=C1C(c1cccc(Oc3ccc(C(F)(F)F)cc3[N+](=O)[O-])c1)C1=C(CCCC1=O)O2. The van der Waals surface area contributed by atoms with E-state index in [0.717, 1.165) is 6.07 Å². The highest BCUT2D eigenvalue weighted by Gasteiger charge is 2.42. The molecule has 0 N–H and O–H groups in total. The van der Waals surface area contributed by atoms with Crippen LogP contribution in [-0.4, -0.2) is 16.5 Å². The third-order valence-corrected chi connectivity index (χ3v) is 6.54. The number of allylic oxidation sites excluding steroid dienone is 4. The number of nitro benzene ring substituents is 1. The van der Waals surface area contributed by atoms with E-state index >= 15 is 0 Å². The molecule has 0 fully saturated rings. The lowest BCUT2D eigenvalue weighted by molar-refractivity contribution is -0.385. The molecule has 0 amide bonds. The monoisotopic (exact) mass is 499 g/mol. The first-order valence-corrected chi connectivity index (χ1v) is 11.5. The van der Waals surface area contributed by atoms with E-state index in [1.54, 1.807) is 18.2 Å². The van der Waals surface area contributed by atoms with Crippen molar-refractivity contribution < 1.29 is 37.2 Å². The van der Waals surface area contributed by atoms with Gasteiger partial charge in [-0.2, -0.15) is 13.2 Å². The summed E-state index contributed by atoms with van der Waals surface area (Å²) in [6.07, 6.45) is -1.61. The zero-order valence-electron chi connectivity index (χ0n) is 18.9. The number of halogens is 3. The van der Waals surface area contributed by atoms with E-state index in [4.69, 9.17) is 9.47 Å². The summed E-state index contributed by atoms with van der Waals surface area (Å²) < 4.78 is 50.8. The third kappa shape index (κ3) is 4.27. The van der Waals surface area contributed by atoms with Gasteiger partial charge in [-0.15, -0.1) is 0 Å². The molecule has 5 rings (SSSR count). The van der Waals surface area contributed by atoms with Crippen LogP contribution in [0.25, 0.3) is 0 Å². The summed E-state index contributed by atoms with van der Waals surface area (Å²) in [5.74, 6) is 0.0307. The highest BCUT2D eigenvalue weighted by atomic mass is 19.4. The number of ketones is 2. The predicted molar refractivity (Wildman–Crippen MR) is 120 cm³/mol. The standard InChI is InChI=1S/C26H20F3NO6/c27-26(28,29)15-10-11-20(17(13-15)30(33)34)35-16-5-1-4-14(12-16)23-24-18(31)6-2-8-21(24)36-22-9-3-7-19(32)25(22)23/h1,4-5,10-13,23H,2-3,6-9H2. The van der Waals surface area contributed by atoms with Crippen LogP contribution in [0.15, 0.2) is 65.1 Å². The minimum Gasteiger partial charge on any atom is -0.465 e. The molecular weight excluding hydrogens is 479 g/mol. The molecule has 7 nitrogen and oxygen atoms in total. The molecule has 1 aliphatic heterocycles. The average Bonchev–Trinajstić information content (AvgIpc) is 2.83. The highest BCUT2D eigenvalue weighted by molar-refractivity contribution is 6.05. The average molecular weight is 499 g/mol. The summed E-state index contributed by atoms with van der Waals surface area (Å²) in [6, 6.07) is 8.42. The lowest BCUT2D eigenvalue weighted by Crippen LogP contribution is -2.30. The summed E-state index contributed by atoms with van der Waals surface area (Å²) >= 11 is 0. The zero-order chi connectivity index (χ0) is 25.6. The molecule has 0 saturated carbocycles. The van der Waals surface area contributed by atoms with Crippen molar-refractivity contribution in [2.45, 2.75) is 50.6 Å². The van der Waals surface area contributed by atoms with Gasteiger partial charge in [-0.1, -0.05) is 12.1 Å². The molecule has 36 heavy (non-hydrogen) atoms. The van der Waals surface area contributed by atoms with Crippen molar-refractivity contribution >= 4 is 17.3 Å². The molecule has 0 unspecified atom stereocenters. The van der Waals surface area contributed by atoms with Crippen LogP contribution < -0.4 is 4.74 Å². The van der Waals surface area contributed by atoms with Gasteiger partial charge in [0.2, 0.25) is 5.75 Å². The summed E-state index contributed by atoms with van der Waals surface area (Å²) in [5, 5.41) is 11.4. The van der Waals surface area contributed by atoms with Gasteiger partial charge in [-0.25, -0.2) is 0 Å². The van der Waals surface area contributed by atoms with Crippen LogP contribution in [0.5, 0.6) is 11.5 Å². The smallest absolute Gasteiger partial charge is 0.416 e. The molecule has 3 aliphatic rings. The third-order valence-electron chi connectivity index (χ3n) is 6.54. The molecule has 2 aromatic rings. The van der Waals surface area contributed by atoms with Crippen LogP contribution in [0.2, 0.25) is 0 Å². The molecule has 0 radical (unpaired) electrons. The molecule has 10 heteroatoms. The quantitative estimate of drug-likeness (QED) is 0.350.